The number of carbonyl (C=O) groups is 1. The number of non-ortho nitro benzene ring substituents is 1. The lowest BCUT2D eigenvalue weighted by Crippen LogP contribution is -2.27. The zero-order chi connectivity index (χ0) is 23.9. The molecule has 33 heavy (non-hydrogen) atoms. The van der Waals surface area contributed by atoms with Crippen molar-refractivity contribution in [2.24, 2.45) is 0 Å². The number of alkyl halides is 3. The van der Waals surface area contributed by atoms with Gasteiger partial charge in [0.25, 0.3) is 11.6 Å². The lowest BCUT2D eigenvalue weighted by atomic mass is 10.1. The fraction of sp³-hybridized carbons (Fsp3) is 0.0476. The number of nitro benzene ring substituents is 1. The summed E-state index contributed by atoms with van der Waals surface area (Å²) in [6.45, 7) is 0. The Morgan fingerprint density at radius 1 is 1.15 bits per heavy atom. The first-order valence-corrected chi connectivity index (χ1v) is 10.6. The fourth-order valence-electron chi connectivity index (χ4n) is 3.03. The Morgan fingerprint density at radius 3 is 2.58 bits per heavy atom. The Balaban J connectivity index is 1.61. The van der Waals surface area contributed by atoms with Crippen LogP contribution in [0.5, 0.6) is 0 Å². The Hall–Kier alpha value is -3.15. The van der Waals surface area contributed by atoms with Crippen molar-refractivity contribution < 1.29 is 27.3 Å². The van der Waals surface area contributed by atoms with Gasteiger partial charge in [-0.2, -0.15) is 13.2 Å². The maximum atomic E-state index is 13.0. The van der Waals surface area contributed by atoms with Crippen LogP contribution in [0.25, 0.3) is 17.4 Å². The first-order valence-electron chi connectivity index (χ1n) is 9.04. The Bertz CT molecular complexity index is 1340. The molecule has 0 aliphatic carbocycles. The van der Waals surface area contributed by atoms with Crippen LogP contribution in [-0.4, -0.2) is 15.2 Å². The molecule has 1 aromatic heterocycles. The van der Waals surface area contributed by atoms with Crippen molar-refractivity contribution in [3.8, 4) is 11.3 Å². The topological polar surface area (TPSA) is 76.6 Å². The molecule has 168 valence electrons. The highest BCUT2D eigenvalue weighted by molar-refractivity contribution is 8.27. The minimum absolute atomic E-state index is 0.00789. The van der Waals surface area contributed by atoms with Crippen LogP contribution in [0, 0.1) is 10.1 Å². The van der Waals surface area contributed by atoms with Gasteiger partial charge in [-0.05, 0) is 36.4 Å². The molecular formula is C21H10ClF3N2O4S2. The van der Waals surface area contributed by atoms with Crippen molar-refractivity contribution >= 4 is 63.3 Å². The predicted octanol–water partition coefficient (Wildman–Crippen LogP) is 6.93. The molecule has 4 rings (SSSR count). The molecule has 0 atom stereocenters. The van der Waals surface area contributed by atoms with Crippen LogP contribution < -0.4 is 4.90 Å². The molecule has 2 heterocycles. The van der Waals surface area contributed by atoms with Crippen LogP contribution in [0.3, 0.4) is 0 Å². The molecule has 6 nitrogen and oxygen atoms in total. The van der Waals surface area contributed by atoms with E-state index in [2.05, 4.69) is 0 Å². The van der Waals surface area contributed by atoms with Gasteiger partial charge in [0.15, 0.2) is 4.32 Å². The molecule has 0 bridgehead atoms. The number of hydrogen-bond acceptors (Lipinski definition) is 6. The molecule has 1 aliphatic rings. The summed E-state index contributed by atoms with van der Waals surface area (Å²) in [4.78, 5) is 24.3. The van der Waals surface area contributed by atoms with E-state index in [-0.39, 0.29) is 31.4 Å². The van der Waals surface area contributed by atoms with E-state index in [1.807, 2.05) is 0 Å². The smallest absolute Gasteiger partial charge is 0.416 e. The third-order valence-electron chi connectivity index (χ3n) is 4.55. The van der Waals surface area contributed by atoms with E-state index in [4.69, 9.17) is 28.2 Å². The number of rotatable bonds is 4. The van der Waals surface area contributed by atoms with Crippen molar-refractivity contribution in [2.45, 2.75) is 6.18 Å². The number of thioether (sulfide) groups is 1. The van der Waals surface area contributed by atoms with E-state index < -0.39 is 22.6 Å². The van der Waals surface area contributed by atoms with E-state index in [1.54, 1.807) is 12.1 Å². The summed E-state index contributed by atoms with van der Waals surface area (Å²) in [6.07, 6.45) is -3.15. The standard InChI is InChI=1S/C21H10ClF3N2O4S2/c22-16-9-13(27(29)30)4-6-15(16)17-7-5-14(31-17)10-18-19(28)26(20(32)33-18)12-3-1-2-11(8-12)21(23,24)25/h1-10H. The monoisotopic (exact) mass is 510 g/mol. The number of nitro groups is 1. The van der Waals surface area contributed by atoms with E-state index in [0.29, 0.717) is 11.3 Å². The van der Waals surface area contributed by atoms with Gasteiger partial charge in [0.2, 0.25) is 0 Å². The number of anilines is 1. The maximum absolute atomic E-state index is 13.0. The third-order valence-corrected chi connectivity index (χ3v) is 6.17. The van der Waals surface area contributed by atoms with E-state index in [0.717, 1.165) is 28.8 Å². The van der Waals surface area contributed by atoms with E-state index >= 15 is 0 Å². The quantitative estimate of drug-likeness (QED) is 0.164. The molecule has 0 radical (unpaired) electrons. The average molecular weight is 511 g/mol. The largest absolute Gasteiger partial charge is 0.457 e. The second-order valence-electron chi connectivity index (χ2n) is 6.69. The number of halogens is 4. The molecule has 1 amide bonds. The Morgan fingerprint density at radius 2 is 1.91 bits per heavy atom. The van der Waals surface area contributed by atoms with Crippen molar-refractivity contribution in [1.29, 1.82) is 0 Å². The Labute approximate surface area is 198 Å². The minimum atomic E-state index is -4.56. The number of hydrogen-bond donors (Lipinski definition) is 0. The number of amides is 1. The highest BCUT2D eigenvalue weighted by atomic mass is 35.5. The van der Waals surface area contributed by atoms with Crippen molar-refractivity contribution in [3.05, 3.63) is 86.0 Å². The molecule has 2 aromatic carbocycles. The number of nitrogens with zero attached hydrogens (tertiary/aromatic N) is 2. The number of carbonyl (C=O) groups excluding carboxylic acids is 1. The SMILES string of the molecule is O=C1C(=Cc2ccc(-c3ccc([N+](=O)[O-])cc3Cl)o2)SC(=S)N1c1cccc(C(F)(F)F)c1. The molecule has 0 spiro atoms. The summed E-state index contributed by atoms with van der Waals surface area (Å²) in [5.41, 5.74) is -0.644. The summed E-state index contributed by atoms with van der Waals surface area (Å²) in [5.74, 6) is -0.00545. The van der Waals surface area contributed by atoms with Gasteiger partial charge in [0.1, 0.15) is 11.5 Å². The molecule has 0 saturated carbocycles. The van der Waals surface area contributed by atoms with Crippen LogP contribution in [0.15, 0.2) is 63.9 Å². The third kappa shape index (κ3) is 4.65. The first kappa shape index (κ1) is 23.0. The average Bonchev–Trinajstić information content (AvgIpc) is 3.31. The van der Waals surface area contributed by atoms with Gasteiger partial charge in [0, 0.05) is 23.8 Å². The normalized spacial score (nSPS) is 15.5. The van der Waals surface area contributed by atoms with Gasteiger partial charge < -0.3 is 4.42 Å². The molecule has 1 fully saturated rings. The van der Waals surface area contributed by atoms with Gasteiger partial charge in [-0.3, -0.25) is 19.8 Å². The Kier molecular flexibility index (Phi) is 6.04. The molecule has 1 saturated heterocycles. The lowest BCUT2D eigenvalue weighted by Gasteiger charge is -2.16. The van der Waals surface area contributed by atoms with Gasteiger partial charge in [0.05, 0.1) is 26.1 Å². The summed E-state index contributed by atoms with van der Waals surface area (Å²) >= 11 is 12.2. The number of benzene rings is 2. The summed E-state index contributed by atoms with van der Waals surface area (Å²) in [5, 5.41) is 11.0. The van der Waals surface area contributed by atoms with Crippen LogP contribution >= 0.6 is 35.6 Å². The summed E-state index contributed by atoms with van der Waals surface area (Å²) in [6, 6.07) is 11.4. The van der Waals surface area contributed by atoms with Crippen LogP contribution in [0.4, 0.5) is 24.5 Å². The van der Waals surface area contributed by atoms with Crippen molar-refractivity contribution in [2.75, 3.05) is 4.90 Å². The van der Waals surface area contributed by atoms with E-state index in [1.165, 1.54) is 36.4 Å². The van der Waals surface area contributed by atoms with E-state index in [9.17, 15) is 28.1 Å². The predicted molar refractivity (Wildman–Crippen MR) is 123 cm³/mol. The van der Waals surface area contributed by atoms with Gasteiger partial charge in [-0.1, -0.05) is 41.6 Å². The van der Waals surface area contributed by atoms with Gasteiger partial charge >= 0.3 is 6.18 Å². The minimum Gasteiger partial charge on any atom is -0.457 e. The van der Waals surface area contributed by atoms with Crippen LogP contribution in [-0.2, 0) is 11.0 Å². The molecule has 12 heteroatoms. The second kappa shape index (κ2) is 8.65. The maximum Gasteiger partial charge on any atom is 0.416 e. The van der Waals surface area contributed by atoms with Crippen LogP contribution in [0.1, 0.15) is 11.3 Å². The second-order valence-corrected chi connectivity index (χ2v) is 8.77. The molecule has 0 N–H and O–H groups in total. The van der Waals surface area contributed by atoms with Crippen molar-refractivity contribution in [3.63, 3.8) is 0 Å². The first-order chi connectivity index (χ1) is 15.5. The summed E-state index contributed by atoms with van der Waals surface area (Å²) in [7, 11) is 0. The number of furan rings is 1. The number of thiocarbonyl (C=S) groups is 1. The zero-order valence-electron chi connectivity index (χ0n) is 16.1. The van der Waals surface area contributed by atoms with Gasteiger partial charge in [-0.15, -0.1) is 0 Å². The molecule has 1 aliphatic heterocycles. The molecule has 0 unspecified atom stereocenters. The van der Waals surface area contributed by atoms with Crippen molar-refractivity contribution in [1.82, 2.24) is 0 Å². The summed E-state index contributed by atoms with van der Waals surface area (Å²) < 4.78 is 44.9. The lowest BCUT2D eigenvalue weighted by molar-refractivity contribution is -0.384. The van der Waals surface area contributed by atoms with Gasteiger partial charge in [-0.25, -0.2) is 0 Å². The highest BCUT2D eigenvalue weighted by Crippen LogP contribution is 2.39. The molecular weight excluding hydrogens is 501 g/mol. The zero-order valence-corrected chi connectivity index (χ0v) is 18.5. The van der Waals surface area contributed by atoms with Crippen LogP contribution in [0.2, 0.25) is 5.02 Å². The highest BCUT2D eigenvalue weighted by Gasteiger charge is 2.36. The molecule has 3 aromatic rings. The fourth-order valence-corrected chi connectivity index (χ4v) is 4.58.